The van der Waals surface area contributed by atoms with Gasteiger partial charge in [-0.2, -0.15) is 0 Å². The number of rotatable bonds is 11. The largest absolute Gasteiger partial charge is 0.493 e. The standard InChI is InChI=1S/C30H31NO5/c1-4-35-27-14-11-24(30(32)31-16-15-21-9-13-28(33-2)29(17-21)34-3)18-25(27)20-36-26-12-10-22-7-5-6-8-23(22)19-26/h5-14,17-19H,4,15-16,20H2,1-3H3,(H,31,32). The average molecular weight is 486 g/mol. The smallest absolute Gasteiger partial charge is 0.251 e. The summed E-state index contributed by atoms with van der Waals surface area (Å²) in [6, 6.07) is 25.3. The Morgan fingerprint density at radius 1 is 0.778 bits per heavy atom. The highest BCUT2D eigenvalue weighted by molar-refractivity contribution is 5.94. The molecule has 4 rings (SSSR count). The molecule has 0 aliphatic heterocycles. The number of carbonyl (C=O) groups is 1. The molecule has 0 saturated heterocycles. The molecule has 0 fully saturated rings. The van der Waals surface area contributed by atoms with Crippen LogP contribution in [0, 0.1) is 0 Å². The van der Waals surface area contributed by atoms with Gasteiger partial charge >= 0.3 is 0 Å². The van der Waals surface area contributed by atoms with Gasteiger partial charge in [0.05, 0.1) is 20.8 Å². The van der Waals surface area contributed by atoms with Crippen molar-refractivity contribution in [1.29, 1.82) is 0 Å². The first-order valence-corrected chi connectivity index (χ1v) is 12.0. The summed E-state index contributed by atoms with van der Waals surface area (Å²) in [5.41, 5.74) is 2.42. The minimum Gasteiger partial charge on any atom is -0.493 e. The second-order valence-electron chi connectivity index (χ2n) is 8.25. The van der Waals surface area contributed by atoms with Crippen LogP contribution in [0.5, 0.6) is 23.0 Å². The number of nitrogens with one attached hydrogen (secondary N) is 1. The van der Waals surface area contributed by atoms with E-state index < -0.39 is 0 Å². The van der Waals surface area contributed by atoms with Crippen LogP contribution in [0.3, 0.4) is 0 Å². The number of amides is 1. The molecule has 0 saturated carbocycles. The Balaban J connectivity index is 1.41. The van der Waals surface area contributed by atoms with Crippen molar-refractivity contribution in [2.75, 3.05) is 27.4 Å². The van der Waals surface area contributed by atoms with Crippen LogP contribution in [0.15, 0.2) is 78.9 Å². The van der Waals surface area contributed by atoms with Crippen molar-refractivity contribution in [2.45, 2.75) is 20.0 Å². The lowest BCUT2D eigenvalue weighted by Gasteiger charge is -2.14. The zero-order valence-electron chi connectivity index (χ0n) is 20.9. The second kappa shape index (κ2) is 12.0. The molecule has 0 spiro atoms. The Labute approximate surface area is 211 Å². The van der Waals surface area contributed by atoms with E-state index in [1.165, 1.54) is 0 Å². The third-order valence-corrected chi connectivity index (χ3v) is 5.88. The van der Waals surface area contributed by atoms with E-state index in [1.807, 2.05) is 67.6 Å². The molecule has 0 radical (unpaired) electrons. The van der Waals surface area contributed by atoms with Gasteiger partial charge in [0.25, 0.3) is 5.91 Å². The molecule has 0 unspecified atom stereocenters. The lowest BCUT2D eigenvalue weighted by atomic mass is 10.1. The van der Waals surface area contributed by atoms with E-state index in [4.69, 9.17) is 18.9 Å². The zero-order valence-corrected chi connectivity index (χ0v) is 20.9. The first kappa shape index (κ1) is 24.9. The summed E-state index contributed by atoms with van der Waals surface area (Å²) in [4.78, 5) is 12.9. The van der Waals surface area contributed by atoms with E-state index in [-0.39, 0.29) is 5.91 Å². The van der Waals surface area contributed by atoms with Crippen molar-refractivity contribution in [3.8, 4) is 23.0 Å². The summed E-state index contributed by atoms with van der Waals surface area (Å²) in [6.07, 6.45) is 0.668. The third kappa shape index (κ3) is 6.08. The Morgan fingerprint density at radius 3 is 2.33 bits per heavy atom. The molecule has 0 bridgehead atoms. The molecule has 186 valence electrons. The van der Waals surface area contributed by atoms with E-state index in [1.54, 1.807) is 20.3 Å². The molecule has 0 heterocycles. The predicted octanol–water partition coefficient (Wildman–Crippen LogP) is 5.81. The van der Waals surface area contributed by atoms with Gasteiger partial charge in [-0.15, -0.1) is 0 Å². The summed E-state index contributed by atoms with van der Waals surface area (Å²) >= 11 is 0. The highest BCUT2D eigenvalue weighted by Crippen LogP contribution is 2.28. The summed E-state index contributed by atoms with van der Waals surface area (Å²) in [5.74, 6) is 2.67. The van der Waals surface area contributed by atoms with Gasteiger partial charge in [0.2, 0.25) is 0 Å². The maximum Gasteiger partial charge on any atom is 0.251 e. The summed E-state index contributed by atoms with van der Waals surface area (Å²) in [7, 11) is 3.21. The van der Waals surface area contributed by atoms with E-state index in [0.29, 0.717) is 49.0 Å². The van der Waals surface area contributed by atoms with E-state index in [2.05, 4.69) is 17.4 Å². The van der Waals surface area contributed by atoms with Gasteiger partial charge in [0.15, 0.2) is 11.5 Å². The molecule has 36 heavy (non-hydrogen) atoms. The number of hydrogen-bond acceptors (Lipinski definition) is 5. The molecule has 1 amide bonds. The van der Waals surface area contributed by atoms with Gasteiger partial charge in [-0.1, -0.05) is 36.4 Å². The number of ether oxygens (including phenoxy) is 4. The molecular weight excluding hydrogens is 454 g/mol. The fourth-order valence-corrected chi connectivity index (χ4v) is 4.01. The van der Waals surface area contributed by atoms with Crippen molar-refractivity contribution in [2.24, 2.45) is 0 Å². The van der Waals surface area contributed by atoms with Crippen LogP contribution in [0.4, 0.5) is 0 Å². The van der Waals surface area contributed by atoms with Crippen molar-refractivity contribution < 1.29 is 23.7 Å². The zero-order chi connectivity index (χ0) is 25.3. The van der Waals surface area contributed by atoms with E-state index >= 15 is 0 Å². The lowest BCUT2D eigenvalue weighted by molar-refractivity contribution is 0.0954. The number of hydrogen-bond donors (Lipinski definition) is 1. The summed E-state index contributed by atoms with van der Waals surface area (Å²) in [6.45, 7) is 3.24. The van der Waals surface area contributed by atoms with Gasteiger partial charge in [-0.3, -0.25) is 4.79 Å². The van der Waals surface area contributed by atoms with Crippen LogP contribution < -0.4 is 24.3 Å². The van der Waals surface area contributed by atoms with Gasteiger partial charge in [-0.25, -0.2) is 0 Å². The highest BCUT2D eigenvalue weighted by atomic mass is 16.5. The Bertz CT molecular complexity index is 1330. The van der Waals surface area contributed by atoms with Crippen LogP contribution >= 0.6 is 0 Å². The first-order valence-electron chi connectivity index (χ1n) is 12.0. The Hall–Kier alpha value is -4.19. The maximum atomic E-state index is 12.9. The minimum absolute atomic E-state index is 0.148. The average Bonchev–Trinajstić information content (AvgIpc) is 2.92. The summed E-state index contributed by atoms with van der Waals surface area (Å²) < 4.78 is 22.5. The molecule has 0 atom stereocenters. The van der Waals surface area contributed by atoms with Crippen LogP contribution in [0.25, 0.3) is 10.8 Å². The van der Waals surface area contributed by atoms with Gasteiger partial charge in [0.1, 0.15) is 18.1 Å². The van der Waals surface area contributed by atoms with Crippen molar-refractivity contribution in [3.05, 3.63) is 95.6 Å². The van der Waals surface area contributed by atoms with Crippen molar-refractivity contribution in [3.63, 3.8) is 0 Å². The monoisotopic (exact) mass is 485 g/mol. The third-order valence-electron chi connectivity index (χ3n) is 5.88. The van der Waals surface area contributed by atoms with Gasteiger partial charge < -0.3 is 24.3 Å². The normalized spacial score (nSPS) is 10.6. The van der Waals surface area contributed by atoms with E-state index in [9.17, 15) is 4.79 Å². The number of benzene rings is 4. The van der Waals surface area contributed by atoms with Crippen LogP contribution in [-0.4, -0.2) is 33.3 Å². The minimum atomic E-state index is -0.148. The molecular formula is C30H31NO5. The molecule has 4 aromatic rings. The first-order chi connectivity index (χ1) is 17.6. The Kier molecular flexibility index (Phi) is 8.29. The van der Waals surface area contributed by atoms with Gasteiger partial charge in [0, 0.05) is 17.7 Å². The lowest BCUT2D eigenvalue weighted by Crippen LogP contribution is -2.25. The molecule has 0 aliphatic rings. The van der Waals surface area contributed by atoms with Crippen molar-refractivity contribution >= 4 is 16.7 Å². The second-order valence-corrected chi connectivity index (χ2v) is 8.25. The topological polar surface area (TPSA) is 66.0 Å². The summed E-state index contributed by atoms with van der Waals surface area (Å²) in [5, 5.41) is 5.27. The van der Waals surface area contributed by atoms with Crippen LogP contribution in [0.2, 0.25) is 0 Å². The molecule has 0 aliphatic carbocycles. The number of carbonyl (C=O) groups excluding carboxylic acids is 1. The molecule has 6 nitrogen and oxygen atoms in total. The highest BCUT2D eigenvalue weighted by Gasteiger charge is 2.12. The Morgan fingerprint density at radius 2 is 1.56 bits per heavy atom. The van der Waals surface area contributed by atoms with Crippen LogP contribution in [-0.2, 0) is 13.0 Å². The molecule has 0 aromatic heterocycles. The van der Waals surface area contributed by atoms with Gasteiger partial charge in [-0.05, 0) is 72.1 Å². The molecule has 4 aromatic carbocycles. The number of methoxy groups -OCH3 is 2. The predicted molar refractivity (Wildman–Crippen MR) is 141 cm³/mol. The maximum absolute atomic E-state index is 12.9. The fourth-order valence-electron chi connectivity index (χ4n) is 4.01. The molecule has 6 heteroatoms. The van der Waals surface area contributed by atoms with E-state index in [0.717, 1.165) is 27.6 Å². The fraction of sp³-hybridized carbons (Fsp3) is 0.233. The quantitative estimate of drug-likeness (QED) is 0.291. The number of fused-ring (bicyclic) bond motifs is 1. The molecule has 1 N–H and O–H groups in total. The SMILES string of the molecule is CCOc1ccc(C(=O)NCCc2ccc(OC)c(OC)c2)cc1COc1ccc2ccccc2c1. The van der Waals surface area contributed by atoms with Crippen molar-refractivity contribution in [1.82, 2.24) is 5.32 Å². The van der Waals surface area contributed by atoms with Crippen LogP contribution in [0.1, 0.15) is 28.4 Å².